The summed E-state index contributed by atoms with van der Waals surface area (Å²) in [5.41, 5.74) is 5.02. The number of para-hydroxylation sites is 1. The second-order valence-corrected chi connectivity index (χ2v) is 8.80. The van der Waals surface area contributed by atoms with E-state index in [0.717, 1.165) is 36.8 Å². The van der Waals surface area contributed by atoms with Crippen LogP contribution in [0, 0.1) is 6.92 Å². The number of likely N-dealkylation sites (N-methyl/N-ethyl adjacent to an activating group) is 1. The number of benzene rings is 2. The van der Waals surface area contributed by atoms with Gasteiger partial charge in [0.25, 0.3) is 0 Å². The first kappa shape index (κ1) is 26.3. The van der Waals surface area contributed by atoms with Crippen LogP contribution in [-0.2, 0) is 13.1 Å². The molecule has 2 heterocycles. The van der Waals surface area contributed by atoms with Gasteiger partial charge in [-0.1, -0.05) is 54.4 Å². The summed E-state index contributed by atoms with van der Waals surface area (Å²) in [6, 6.07) is 15.1. The normalized spacial score (nSPS) is 16.3. The lowest BCUT2D eigenvalue weighted by Gasteiger charge is -2.23. The van der Waals surface area contributed by atoms with Gasteiger partial charge in [-0.15, -0.1) is 24.8 Å². The van der Waals surface area contributed by atoms with E-state index in [-0.39, 0.29) is 24.8 Å². The Bertz CT molecular complexity index is 1000. The Balaban J connectivity index is 0.00000171. The molecule has 0 bridgehead atoms. The Morgan fingerprint density at radius 2 is 1.87 bits per heavy atom. The molecule has 0 radical (unpaired) electrons. The SMILES string of the molecule is CCN1CCCC1CNCc1c(C)n(Cc2ccc(Cl)cc2Cl)c2ccccc12.Cl.Cl. The van der Waals surface area contributed by atoms with Crippen molar-refractivity contribution in [3.05, 3.63) is 69.3 Å². The molecule has 7 heteroatoms. The molecule has 31 heavy (non-hydrogen) atoms. The lowest BCUT2D eigenvalue weighted by Crippen LogP contribution is -2.37. The summed E-state index contributed by atoms with van der Waals surface area (Å²) >= 11 is 12.5. The second-order valence-electron chi connectivity index (χ2n) is 7.96. The van der Waals surface area contributed by atoms with E-state index >= 15 is 0 Å². The Labute approximate surface area is 207 Å². The van der Waals surface area contributed by atoms with E-state index in [1.807, 2.05) is 18.2 Å². The van der Waals surface area contributed by atoms with Crippen LogP contribution in [0.15, 0.2) is 42.5 Å². The molecule has 1 aliphatic heterocycles. The fourth-order valence-electron chi connectivity index (χ4n) is 4.66. The van der Waals surface area contributed by atoms with Crippen molar-refractivity contribution in [3.63, 3.8) is 0 Å². The van der Waals surface area contributed by atoms with Gasteiger partial charge in [0.2, 0.25) is 0 Å². The number of hydrogen-bond donors (Lipinski definition) is 1. The Kier molecular flexibility index (Phi) is 10.0. The predicted octanol–water partition coefficient (Wildman–Crippen LogP) is 6.72. The minimum Gasteiger partial charge on any atom is -0.340 e. The molecule has 2 aromatic carbocycles. The van der Waals surface area contributed by atoms with Gasteiger partial charge >= 0.3 is 0 Å². The fraction of sp³-hybridized carbons (Fsp3) is 0.417. The van der Waals surface area contributed by atoms with Gasteiger partial charge in [0.05, 0.1) is 0 Å². The molecule has 1 aromatic heterocycles. The third-order valence-electron chi connectivity index (χ3n) is 6.29. The molecule has 4 rings (SSSR count). The number of hydrogen-bond acceptors (Lipinski definition) is 2. The van der Waals surface area contributed by atoms with Gasteiger partial charge < -0.3 is 9.88 Å². The zero-order chi connectivity index (χ0) is 20.4. The quantitative estimate of drug-likeness (QED) is 0.386. The average molecular weight is 503 g/mol. The Morgan fingerprint density at radius 3 is 2.61 bits per heavy atom. The highest BCUT2D eigenvalue weighted by atomic mass is 35.5. The van der Waals surface area contributed by atoms with Crippen LogP contribution in [0.1, 0.15) is 36.6 Å². The molecule has 0 saturated carbocycles. The predicted molar refractivity (Wildman–Crippen MR) is 139 cm³/mol. The highest BCUT2D eigenvalue weighted by molar-refractivity contribution is 6.35. The smallest absolute Gasteiger partial charge is 0.0493 e. The van der Waals surface area contributed by atoms with Gasteiger partial charge in [0, 0.05) is 52.3 Å². The van der Waals surface area contributed by atoms with E-state index in [0.29, 0.717) is 11.1 Å². The van der Waals surface area contributed by atoms with E-state index < -0.39 is 0 Å². The average Bonchev–Trinajstić information content (AvgIpc) is 3.27. The van der Waals surface area contributed by atoms with Gasteiger partial charge in [0.15, 0.2) is 0 Å². The fourth-order valence-corrected chi connectivity index (χ4v) is 5.12. The topological polar surface area (TPSA) is 20.2 Å². The van der Waals surface area contributed by atoms with Gasteiger partial charge in [-0.25, -0.2) is 0 Å². The molecule has 3 nitrogen and oxygen atoms in total. The molecule has 1 N–H and O–H groups in total. The lowest BCUT2D eigenvalue weighted by atomic mass is 10.1. The first-order valence-corrected chi connectivity index (χ1v) is 11.3. The number of halogens is 4. The number of nitrogens with zero attached hydrogens (tertiary/aromatic N) is 2. The molecule has 0 spiro atoms. The monoisotopic (exact) mass is 501 g/mol. The summed E-state index contributed by atoms with van der Waals surface area (Å²) in [5.74, 6) is 0. The van der Waals surface area contributed by atoms with Gasteiger partial charge in [-0.2, -0.15) is 0 Å². The molecule has 1 saturated heterocycles. The van der Waals surface area contributed by atoms with E-state index in [1.54, 1.807) is 0 Å². The lowest BCUT2D eigenvalue weighted by molar-refractivity contribution is 0.260. The van der Waals surface area contributed by atoms with Crippen molar-refractivity contribution < 1.29 is 0 Å². The van der Waals surface area contributed by atoms with Crippen LogP contribution >= 0.6 is 48.0 Å². The van der Waals surface area contributed by atoms with E-state index in [9.17, 15) is 0 Å². The number of aromatic nitrogens is 1. The van der Waals surface area contributed by atoms with Crippen molar-refractivity contribution in [1.82, 2.24) is 14.8 Å². The Morgan fingerprint density at radius 1 is 1.10 bits per heavy atom. The van der Waals surface area contributed by atoms with Crippen molar-refractivity contribution in [2.24, 2.45) is 0 Å². The largest absolute Gasteiger partial charge is 0.340 e. The summed E-state index contributed by atoms with van der Waals surface area (Å²) in [7, 11) is 0. The third-order valence-corrected chi connectivity index (χ3v) is 6.88. The molecule has 170 valence electrons. The van der Waals surface area contributed by atoms with Crippen LogP contribution < -0.4 is 5.32 Å². The highest BCUT2D eigenvalue weighted by Gasteiger charge is 2.22. The molecule has 0 aliphatic carbocycles. The molecule has 1 aliphatic rings. The number of nitrogens with one attached hydrogen (secondary N) is 1. The summed E-state index contributed by atoms with van der Waals surface area (Å²) in [4.78, 5) is 2.59. The molecule has 1 fully saturated rings. The Hall–Kier alpha value is -0.940. The number of fused-ring (bicyclic) bond motifs is 1. The minimum absolute atomic E-state index is 0. The summed E-state index contributed by atoms with van der Waals surface area (Å²) in [5, 5.41) is 6.45. The molecular formula is C24H31Cl4N3. The van der Waals surface area contributed by atoms with E-state index in [1.165, 1.54) is 41.5 Å². The molecule has 0 amide bonds. The summed E-state index contributed by atoms with van der Waals surface area (Å²) in [6.07, 6.45) is 2.62. The third kappa shape index (κ3) is 5.71. The zero-order valence-corrected chi connectivity index (χ0v) is 21.2. The number of rotatable bonds is 7. The molecule has 1 unspecified atom stereocenters. The van der Waals surface area contributed by atoms with Crippen molar-refractivity contribution in [2.45, 2.75) is 45.8 Å². The van der Waals surface area contributed by atoms with Crippen LogP contribution in [0.2, 0.25) is 10.0 Å². The minimum atomic E-state index is 0. The van der Waals surface area contributed by atoms with Crippen LogP contribution in [0.4, 0.5) is 0 Å². The number of likely N-dealkylation sites (tertiary alicyclic amines) is 1. The second kappa shape index (κ2) is 11.8. The maximum Gasteiger partial charge on any atom is 0.0493 e. The van der Waals surface area contributed by atoms with Crippen LogP contribution in [-0.4, -0.2) is 35.1 Å². The summed E-state index contributed by atoms with van der Waals surface area (Å²) in [6.45, 7) is 9.55. The van der Waals surface area contributed by atoms with E-state index in [2.05, 4.69) is 52.9 Å². The van der Waals surface area contributed by atoms with Gasteiger partial charge in [-0.05, 0) is 62.2 Å². The zero-order valence-electron chi connectivity index (χ0n) is 18.0. The van der Waals surface area contributed by atoms with Crippen molar-refractivity contribution in [3.8, 4) is 0 Å². The van der Waals surface area contributed by atoms with Crippen LogP contribution in [0.5, 0.6) is 0 Å². The molecule has 1 atom stereocenters. The van der Waals surface area contributed by atoms with Crippen LogP contribution in [0.25, 0.3) is 10.9 Å². The van der Waals surface area contributed by atoms with Crippen molar-refractivity contribution >= 4 is 58.9 Å². The maximum absolute atomic E-state index is 6.46. The maximum atomic E-state index is 6.46. The van der Waals surface area contributed by atoms with E-state index in [4.69, 9.17) is 23.2 Å². The highest BCUT2D eigenvalue weighted by Crippen LogP contribution is 2.29. The van der Waals surface area contributed by atoms with Gasteiger partial charge in [-0.3, -0.25) is 4.90 Å². The van der Waals surface area contributed by atoms with Crippen LogP contribution in [0.3, 0.4) is 0 Å². The van der Waals surface area contributed by atoms with Crippen molar-refractivity contribution in [2.75, 3.05) is 19.6 Å². The first-order valence-electron chi connectivity index (χ1n) is 10.5. The standard InChI is InChI=1S/C24H29Cl2N3.2ClH/c1-3-28-12-6-7-20(28)14-27-15-22-17(2)29(24-9-5-4-8-21(22)24)16-18-10-11-19(25)13-23(18)26;;/h4-5,8-11,13,20,27H,3,6-7,12,14-16H2,1-2H3;2*1H. The molecular weight excluding hydrogens is 472 g/mol. The van der Waals surface area contributed by atoms with Gasteiger partial charge in [0.1, 0.15) is 0 Å². The van der Waals surface area contributed by atoms with Crippen molar-refractivity contribution in [1.29, 1.82) is 0 Å². The summed E-state index contributed by atoms with van der Waals surface area (Å²) < 4.78 is 2.37. The first-order chi connectivity index (χ1) is 14.1. The molecule has 3 aromatic rings.